The number of hydrogen-bond acceptors (Lipinski definition) is 3. The monoisotopic (exact) mass is 271 g/mol. The van der Waals surface area contributed by atoms with E-state index in [1.54, 1.807) is 6.92 Å². The average Bonchev–Trinajstić information content (AvgIpc) is 2.30. The van der Waals surface area contributed by atoms with Crippen LogP contribution in [0.1, 0.15) is 20.8 Å². The van der Waals surface area contributed by atoms with Crippen molar-refractivity contribution in [2.45, 2.75) is 26.8 Å². The van der Waals surface area contributed by atoms with Crippen LogP contribution in [-0.2, 0) is 4.79 Å². The summed E-state index contributed by atoms with van der Waals surface area (Å²) in [6.07, 6.45) is 0. The molecule has 0 aliphatic carbocycles. The van der Waals surface area contributed by atoms with Crippen molar-refractivity contribution in [3.8, 4) is 0 Å². The molecule has 1 amide bonds. The SMILES string of the molecule is CCN(CC(=O)NC(C)C)c1cc(F)cc(F)c1N. The Balaban J connectivity index is 2.94. The molecule has 3 N–H and O–H groups in total. The van der Waals surface area contributed by atoms with Gasteiger partial charge in [0.2, 0.25) is 5.91 Å². The second-order valence-corrected chi connectivity index (χ2v) is 4.56. The number of hydrogen-bond donors (Lipinski definition) is 2. The molecule has 0 fully saturated rings. The average molecular weight is 271 g/mol. The first-order valence-electron chi connectivity index (χ1n) is 6.14. The van der Waals surface area contributed by atoms with E-state index in [0.717, 1.165) is 12.1 Å². The highest BCUT2D eigenvalue weighted by Crippen LogP contribution is 2.27. The molecule has 0 heterocycles. The molecule has 6 heteroatoms. The van der Waals surface area contributed by atoms with Crippen molar-refractivity contribution in [3.05, 3.63) is 23.8 Å². The third-order valence-corrected chi connectivity index (χ3v) is 2.58. The second-order valence-electron chi connectivity index (χ2n) is 4.56. The Hall–Kier alpha value is -1.85. The van der Waals surface area contributed by atoms with E-state index in [-0.39, 0.29) is 29.9 Å². The molecule has 0 radical (unpaired) electrons. The molecular formula is C13H19F2N3O. The molecule has 19 heavy (non-hydrogen) atoms. The van der Waals surface area contributed by atoms with Crippen molar-refractivity contribution in [2.24, 2.45) is 0 Å². The lowest BCUT2D eigenvalue weighted by Gasteiger charge is -2.24. The quantitative estimate of drug-likeness (QED) is 0.804. The van der Waals surface area contributed by atoms with Gasteiger partial charge in [-0.05, 0) is 26.8 Å². The molecule has 0 saturated carbocycles. The Morgan fingerprint density at radius 2 is 2.05 bits per heavy atom. The van der Waals surface area contributed by atoms with Gasteiger partial charge in [-0.1, -0.05) is 0 Å². The van der Waals surface area contributed by atoms with E-state index in [4.69, 9.17) is 5.73 Å². The van der Waals surface area contributed by atoms with Crippen molar-refractivity contribution in [2.75, 3.05) is 23.7 Å². The molecule has 1 aromatic rings. The fourth-order valence-electron chi connectivity index (χ4n) is 1.74. The number of nitrogen functional groups attached to an aromatic ring is 1. The summed E-state index contributed by atoms with van der Waals surface area (Å²) in [5.74, 6) is -1.76. The Morgan fingerprint density at radius 3 is 2.58 bits per heavy atom. The van der Waals surface area contributed by atoms with E-state index in [9.17, 15) is 13.6 Å². The minimum Gasteiger partial charge on any atom is -0.395 e. The smallest absolute Gasteiger partial charge is 0.239 e. The Morgan fingerprint density at radius 1 is 1.42 bits per heavy atom. The summed E-state index contributed by atoms with van der Waals surface area (Å²) < 4.78 is 26.6. The van der Waals surface area contributed by atoms with Gasteiger partial charge in [0, 0.05) is 18.7 Å². The predicted octanol–water partition coefficient (Wildman–Crippen LogP) is 1.90. The van der Waals surface area contributed by atoms with Gasteiger partial charge in [-0.15, -0.1) is 0 Å². The summed E-state index contributed by atoms with van der Waals surface area (Å²) >= 11 is 0. The lowest BCUT2D eigenvalue weighted by molar-refractivity contribution is -0.120. The summed E-state index contributed by atoms with van der Waals surface area (Å²) in [5, 5.41) is 2.72. The minimum absolute atomic E-state index is 0.00176. The van der Waals surface area contributed by atoms with Crippen molar-refractivity contribution < 1.29 is 13.6 Å². The van der Waals surface area contributed by atoms with Crippen LogP contribution in [0.15, 0.2) is 12.1 Å². The van der Waals surface area contributed by atoms with Gasteiger partial charge < -0.3 is 16.0 Å². The number of likely N-dealkylation sites (N-methyl/N-ethyl adjacent to an activating group) is 1. The van der Waals surface area contributed by atoms with Crippen molar-refractivity contribution in [1.82, 2.24) is 5.32 Å². The predicted molar refractivity (Wildman–Crippen MR) is 71.9 cm³/mol. The van der Waals surface area contributed by atoms with Crippen LogP contribution in [0, 0.1) is 11.6 Å². The first-order chi connectivity index (χ1) is 8.85. The van der Waals surface area contributed by atoms with Gasteiger partial charge in [-0.2, -0.15) is 0 Å². The van der Waals surface area contributed by atoms with Crippen LogP contribution in [0.5, 0.6) is 0 Å². The molecule has 0 bridgehead atoms. The molecule has 1 rings (SSSR count). The molecule has 0 aliphatic heterocycles. The number of benzene rings is 1. The second kappa shape index (κ2) is 6.36. The Kier molecular flexibility index (Phi) is 5.09. The van der Waals surface area contributed by atoms with Crippen LogP contribution in [0.25, 0.3) is 0 Å². The Bertz CT molecular complexity index is 463. The molecule has 0 aromatic heterocycles. The van der Waals surface area contributed by atoms with Gasteiger partial charge in [0.1, 0.15) is 5.82 Å². The molecule has 0 unspecified atom stereocenters. The zero-order chi connectivity index (χ0) is 14.6. The Labute approximate surface area is 111 Å². The normalized spacial score (nSPS) is 10.6. The standard InChI is InChI=1S/C13H19F2N3O/c1-4-18(7-12(19)17-8(2)3)11-6-9(14)5-10(15)13(11)16/h5-6,8H,4,7,16H2,1-3H3,(H,17,19). The summed E-state index contributed by atoms with van der Waals surface area (Å²) in [5.41, 5.74) is 5.63. The summed E-state index contributed by atoms with van der Waals surface area (Å²) in [7, 11) is 0. The van der Waals surface area contributed by atoms with E-state index in [0.29, 0.717) is 6.54 Å². The molecule has 4 nitrogen and oxygen atoms in total. The van der Waals surface area contributed by atoms with E-state index < -0.39 is 11.6 Å². The minimum atomic E-state index is -0.822. The van der Waals surface area contributed by atoms with Crippen LogP contribution in [0.4, 0.5) is 20.2 Å². The number of nitrogens with zero attached hydrogens (tertiary/aromatic N) is 1. The fourth-order valence-corrected chi connectivity index (χ4v) is 1.74. The molecule has 106 valence electrons. The van der Waals surface area contributed by atoms with Gasteiger partial charge in [0.15, 0.2) is 5.82 Å². The van der Waals surface area contributed by atoms with Crippen molar-refractivity contribution >= 4 is 17.3 Å². The highest BCUT2D eigenvalue weighted by molar-refractivity contribution is 5.83. The number of carbonyl (C=O) groups excluding carboxylic acids is 1. The first kappa shape index (κ1) is 15.2. The maximum Gasteiger partial charge on any atom is 0.239 e. The van der Waals surface area contributed by atoms with Crippen LogP contribution in [0.3, 0.4) is 0 Å². The maximum atomic E-state index is 13.4. The van der Waals surface area contributed by atoms with Crippen molar-refractivity contribution in [3.63, 3.8) is 0 Å². The number of rotatable bonds is 5. The fraction of sp³-hybridized carbons (Fsp3) is 0.462. The van der Waals surface area contributed by atoms with Crippen LogP contribution in [-0.4, -0.2) is 25.0 Å². The number of carbonyl (C=O) groups is 1. The molecule has 1 aromatic carbocycles. The summed E-state index contributed by atoms with van der Waals surface area (Å²) in [6.45, 7) is 5.88. The largest absolute Gasteiger partial charge is 0.395 e. The number of nitrogens with two attached hydrogens (primary N) is 1. The number of anilines is 2. The zero-order valence-electron chi connectivity index (χ0n) is 11.3. The summed E-state index contributed by atoms with van der Waals surface area (Å²) in [4.78, 5) is 13.2. The third-order valence-electron chi connectivity index (χ3n) is 2.58. The van der Waals surface area contributed by atoms with Gasteiger partial charge in [-0.25, -0.2) is 8.78 Å². The highest BCUT2D eigenvalue weighted by atomic mass is 19.1. The van der Waals surface area contributed by atoms with Crippen LogP contribution in [0.2, 0.25) is 0 Å². The van der Waals surface area contributed by atoms with Crippen molar-refractivity contribution in [1.29, 1.82) is 0 Å². The molecule has 0 atom stereocenters. The van der Waals surface area contributed by atoms with E-state index >= 15 is 0 Å². The van der Waals surface area contributed by atoms with Gasteiger partial charge in [0.05, 0.1) is 17.9 Å². The van der Waals surface area contributed by atoms with E-state index in [2.05, 4.69) is 5.32 Å². The van der Waals surface area contributed by atoms with E-state index in [1.807, 2.05) is 13.8 Å². The van der Waals surface area contributed by atoms with Gasteiger partial charge in [0.25, 0.3) is 0 Å². The molecule has 0 spiro atoms. The number of amides is 1. The lowest BCUT2D eigenvalue weighted by atomic mass is 10.2. The third kappa shape index (κ3) is 4.08. The molecular weight excluding hydrogens is 252 g/mol. The number of halogens is 2. The summed E-state index contributed by atoms with van der Waals surface area (Å²) in [6, 6.07) is 1.86. The van der Waals surface area contributed by atoms with Gasteiger partial charge in [-0.3, -0.25) is 4.79 Å². The number of nitrogens with one attached hydrogen (secondary N) is 1. The maximum absolute atomic E-state index is 13.4. The molecule has 0 aliphatic rings. The van der Waals surface area contributed by atoms with Crippen LogP contribution >= 0.6 is 0 Å². The lowest BCUT2D eigenvalue weighted by Crippen LogP contribution is -2.40. The highest BCUT2D eigenvalue weighted by Gasteiger charge is 2.16. The topological polar surface area (TPSA) is 58.4 Å². The first-order valence-corrected chi connectivity index (χ1v) is 6.14. The van der Waals surface area contributed by atoms with Crippen LogP contribution < -0.4 is 16.0 Å². The molecule has 0 saturated heterocycles. The zero-order valence-corrected chi connectivity index (χ0v) is 11.3. The van der Waals surface area contributed by atoms with E-state index in [1.165, 1.54) is 4.90 Å². The van der Waals surface area contributed by atoms with Gasteiger partial charge >= 0.3 is 0 Å².